The fourth-order valence-electron chi connectivity index (χ4n) is 2.28. The fraction of sp³-hybridized carbons (Fsp3) is 0.750. The summed E-state index contributed by atoms with van der Waals surface area (Å²) in [6, 6.07) is 0.641. The van der Waals surface area contributed by atoms with Crippen molar-refractivity contribution in [3.05, 3.63) is 12.4 Å². The third kappa shape index (κ3) is 2.74. The van der Waals surface area contributed by atoms with E-state index in [0.717, 1.165) is 5.69 Å². The number of nitrogens with zero attached hydrogens (tertiary/aromatic N) is 2. The quantitative estimate of drug-likeness (QED) is 0.808. The van der Waals surface area contributed by atoms with Crippen LogP contribution in [0.1, 0.15) is 39.5 Å². The van der Waals surface area contributed by atoms with Gasteiger partial charge in [0.2, 0.25) is 0 Å². The Hall–Kier alpha value is -0.990. The van der Waals surface area contributed by atoms with Crippen molar-refractivity contribution in [3.8, 4) is 0 Å². The minimum absolute atomic E-state index is 0.549. The van der Waals surface area contributed by atoms with Gasteiger partial charge in [-0.25, -0.2) is 0 Å². The molecular weight excluding hydrogens is 186 g/mol. The second-order valence-corrected chi connectivity index (χ2v) is 5.49. The molecule has 3 heteroatoms. The molecule has 15 heavy (non-hydrogen) atoms. The average Bonchev–Trinajstić information content (AvgIpc) is 2.55. The van der Waals surface area contributed by atoms with Crippen molar-refractivity contribution in [2.24, 2.45) is 12.5 Å². The standard InChI is InChI=1S/C12H21N3/c1-12(2)6-4-10(5-7-12)14-11-8-13-15(3)9-11/h8-10,14H,4-7H2,1-3H3. The Morgan fingerprint density at radius 3 is 2.60 bits per heavy atom. The van der Waals surface area contributed by atoms with E-state index in [-0.39, 0.29) is 0 Å². The summed E-state index contributed by atoms with van der Waals surface area (Å²) in [6.07, 6.45) is 9.15. The van der Waals surface area contributed by atoms with Gasteiger partial charge in [0.15, 0.2) is 0 Å². The first kappa shape index (κ1) is 10.5. The van der Waals surface area contributed by atoms with Crippen molar-refractivity contribution in [2.45, 2.75) is 45.6 Å². The highest BCUT2D eigenvalue weighted by Crippen LogP contribution is 2.35. The topological polar surface area (TPSA) is 29.9 Å². The molecule has 0 spiro atoms. The lowest BCUT2D eigenvalue weighted by atomic mass is 9.75. The molecular formula is C12H21N3. The van der Waals surface area contributed by atoms with Gasteiger partial charge in [-0.3, -0.25) is 4.68 Å². The van der Waals surface area contributed by atoms with Crippen molar-refractivity contribution in [1.29, 1.82) is 0 Å². The van der Waals surface area contributed by atoms with Crippen LogP contribution < -0.4 is 5.32 Å². The molecule has 0 amide bonds. The van der Waals surface area contributed by atoms with Gasteiger partial charge in [-0.2, -0.15) is 5.10 Å². The number of hydrogen-bond donors (Lipinski definition) is 1. The number of hydrogen-bond acceptors (Lipinski definition) is 2. The Balaban J connectivity index is 1.87. The Labute approximate surface area is 91.9 Å². The van der Waals surface area contributed by atoms with Crippen molar-refractivity contribution in [3.63, 3.8) is 0 Å². The van der Waals surface area contributed by atoms with Gasteiger partial charge in [-0.1, -0.05) is 13.8 Å². The second kappa shape index (κ2) is 3.87. The molecule has 0 aliphatic heterocycles. The van der Waals surface area contributed by atoms with E-state index >= 15 is 0 Å². The lowest BCUT2D eigenvalue weighted by Gasteiger charge is -2.34. The predicted molar refractivity (Wildman–Crippen MR) is 62.9 cm³/mol. The Kier molecular flexibility index (Phi) is 2.72. The van der Waals surface area contributed by atoms with Gasteiger partial charge in [-0.15, -0.1) is 0 Å². The summed E-state index contributed by atoms with van der Waals surface area (Å²) in [6.45, 7) is 4.74. The summed E-state index contributed by atoms with van der Waals surface area (Å²) < 4.78 is 1.84. The van der Waals surface area contributed by atoms with Crippen LogP contribution in [0.15, 0.2) is 12.4 Å². The summed E-state index contributed by atoms with van der Waals surface area (Å²) in [5.41, 5.74) is 1.70. The number of aromatic nitrogens is 2. The first-order valence-electron chi connectivity index (χ1n) is 5.80. The summed E-state index contributed by atoms with van der Waals surface area (Å²) >= 11 is 0. The molecule has 1 N–H and O–H groups in total. The SMILES string of the molecule is Cn1cc(NC2CCC(C)(C)CC2)cn1. The molecule has 0 bridgehead atoms. The molecule has 84 valence electrons. The van der Waals surface area contributed by atoms with E-state index in [2.05, 4.69) is 24.3 Å². The Bertz CT molecular complexity index is 317. The van der Waals surface area contributed by atoms with Crippen LogP contribution >= 0.6 is 0 Å². The zero-order valence-corrected chi connectivity index (χ0v) is 9.95. The van der Waals surface area contributed by atoms with Crippen LogP contribution in [0.25, 0.3) is 0 Å². The maximum Gasteiger partial charge on any atom is 0.0728 e. The van der Waals surface area contributed by atoms with E-state index in [1.54, 1.807) is 0 Å². The number of anilines is 1. The first-order chi connectivity index (χ1) is 7.05. The van der Waals surface area contributed by atoms with E-state index in [9.17, 15) is 0 Å². The van der Waals surface area contributed by atoms with E-state index in [4.69, 9.17) is 0 Å². The molecule has 1 saturated carbocycles. The molecule has 0 unspecified atom stereocenters. The molecule has 1 fully saturated rings. The number of rotatable bonds is 2. The molecule has 0 radical (unpaired) electrons. The van der Waals surface area contributed by atoms with Crippen LogP contribution in [0, 0.1) is 5.41 Å². The van der Waals surface area contributed by atoms with Gasteiger partial charge < -0.3 is 5.32 Å². The van der Waals surface area contributed by atoms with Crippen molar-refractivity contribution >= 4 is 5.69 Å². The smallest absolute Gasteiger partial charge is 0.0728 e. The van der Waals surface area contributed by atoms with Crippen LogP contribution in [0.5, 0.6) is 0 Å². The molecule has 0 atom stereocenters. The van der Waals surface area contributed by atoms with Gasteiger partial charge in [-0.05, 0) is 31.1 Å². The predicted octanol–water partition coefficient (Wildman–Crippen LogP) is 2.80. The van der Waals surface area contributed by atoms with E-state index in [1.807, 2.05) is 24.1 Å². The van der Waals surface area contributed by atoms with Crippen LogP contribution in [0.4, 0.5) is 5.69 Å². The zero-order valence-electron chi connectivity index (χ0n) is 9.95. The molecule has 2 rings (SSSR count). The second-order valence-electron chi connectivity index (χ2n) is 5.49. The molecule has 0 saturated heterocycles. The van der Waals surface area contributed by atoms with Crippen LogP contribution in [-0.4, -0.2) is 15.8 Å². The molecule has 1 aliphatic carbocycles. The zero-order chi connectivity index (χ0) is 10.9. The number of nitrogens with one attached hydrogen (secondary N) is 1. The molecule has 1 heterocycles. The third-order valence-electron chi connectivity index (χ3n) is 3.41. The highest BCUT2D eigenvalue weighted by Gasteiger charge is 2.26. The molecule has 3 nitrogen and oxygen atoms in total. The maximum atomic E-state index is 4.16. The van der Waals surface area contributed by atoms with Crippen LogP contribution in [-0.2, 0) is 7.05 Å². The summed E-state index contributed by atoms with van der Waals surface area (Å²) in [5, 5.41) is 7.72. The molecule has 1 aliphatic rings. The highest BCUT2D eigenvalue weighted by molar-refractivity contribution is 5.39. The minimum atomic E-state index is 0.549. The highest BCUT2D eigenvalue weighted by atomic mass is 15.3. The van der Waals surface area contributed by atoms with Gasteiger partial charge >= 0.3 is 0 Å². The average molecular weight is 207 g/mol. The van der Waals surface area contributed by atoms with Crippen LogP contribution in [0.2, 0.25) is 0 Å². The largest absolute Gasteiger partial charge is 0.380 e. The van der Waals surface area contributed by atoms with Gasteiger partial charge in [0.1, 0.15) is 0 Å². The summed E-state index contributed by atoms with van der Waals surface area (Å²) in [4.78, 5) is 0. The Morgan fingerprint density at radius 2 is 2.07 bits per heavy atom. The van der Waals surface area contributed by atoms with E-state index < -0.39 is 0 Å². The molecule has 1 aromatic heterocycles. The molecule has 0 aromatic carbocycles. The normalized spacial score (nSPS) is 21.5. The summed E-state index contributed by atoms with van der Waals surface area (Å²) in [5.74, 6) is 0. The Morgan fingerprint density at radius 1 is 1.40 bits per heavy atom. The van der Waals surface area contributed by atoms with Crippen molar-refractivity contribution in [1.82, 2.24) is 9.78 Å². The van der Waals surface area contributed by atoms with Crippen molar-refractivity contribution in [2.75, 3.05) is 5.32 Å². The van der Waals surface area contributed by atoms with Gasteiger partial charge in [0, 0.05) is 19.3 Å². The van der Waals surface area contributed by atoms with E-state index in [0.29, 0.717) is 11.5 Å². The minimum Gasteiger partial charge on any atom is -0.380 e. The maximum absolute atomic E-state index is 4.16. The first-order valence-corrected chi connectivity index (χ1v) is 5.80. The monoisotopic (exact) mass is 207 g/mol. The van der Waals surface area contributed by atoms with Gasteiger partial charge in [0.05, 0.1) is 11.9 Å². The fourth-order valence-corrected chi connectivity index (χ4v) is 2.28. The molecule has 1 aromatic rings. The van der Waals surface area contributed by atoms with Crippen LogP contribution in [0.3, 0.4) is 0 Å². The third-order valence-corrected chi connectivity index (χ3v) is 3.41. The lowest BCUT2D eigenvalue weighted by molar-refractivity contribution is 0.232. The lowest BCUT2D eigenvalue weighted by Crippen LogP contribution is -2.29. The number of aryl methyl sites for hydroxylation is 1. The van der Waals surface area contributed by atoms with Gasteiger partial charge in [0.25, 0.3) is 0 Å². The van der Waals surface area contributed by atoms with E-state index in [1.165, 1.54) is 25.7 Å². The van der Waals surface area contributed by atoms with Crippen molar-refractivity contribution < 1.29 is 0 Å². The summed E-state index contributed by atoms with van der Waals surface area (Å²) in [7, 11) is 1.95.